The van der Waals surface area contributed by atoms with Crippen molar-refractivity contribution in [3.05, 3.63) is 47.7 Å². The highest BCUT2D eigenvalue weighted by molar-refractivity contribution is 5.85. The minimum Gasteiger partial charge on any atom is -0.465 e. The van der Waals surface area contributed by atoms with Crippen LogP contribution in [0.5, 0.6) is 0 Å². The molecule has 0 aliphatic carbocycles. The minimum absolute atomic E-state index is 0.0554. The van der Waals surface area contributed by atoms with Crippen LogP contribution in [-0.2, 0) is 11.3 Å². The molecule has 6 heteroatoms. The Balaban J connectivity index is 2.02. The first kappa shape index (κ1) is 16.9. The molecular weight excluding hydrogens is 299 g/mol. The molecule has 0 unspecified atom stereocenters. The van der Waals surface area contributed by atoms with E-state index in [1.54, 1.807) is 26.8 Å². The largest absolute Gasteiger partial charge is 0.465 e. The molecule has 2 N–H and O–H groups in total. The Morgan fingerprint density at radius 1 is 1.26 bits per heavy atom. The second-order valence-electron chi connectivity index (χ2n) is 6.19. The summed E-state index contributed by atoms with van der Waals surface area (Å²) in [6.45, 7) is 7.56. The summed E-state index contributed by atoms with van der Waals surface area (Å²) in [5.74, 6) is 1.07. The molecule has 1 aromatic carbocycles. The lowest BCUT2D eigenvalue weighted by atomic mass is 10.2. The number of hydrogen-bond donors (Lipinski definition) is 2. The summed E-state index contributed by atoms with van der Waals surface area (Å²) >= 11 is 0. The van der Waals surface area contributed by atoms with Gasteiger partial charge in [-0.3, -0.25) is 5.32 Å². The van der Waals surface area contributed by atoms with Gasteiger partial charge in [-0.15, -0.1) is 0 Å². The highest BCUT2D eigenvalue weighted by Crippen LogP contribution is 2.21. The van der Waals surface area contributed by atoms with E-state index in [-0.39, 0.29) is 5.69 Å². The molecule has 0 aliphatic heterocycles. The van der Waals surface area contributed by atoms with E-state index in [2.05, 4.69) is 10.6 Å². The fourth-order valence-corrected chi connectivity index (χ4v) is 1.91. The molecule has 0 radical (unpaired) electrons. The number of carbonyl (C=O) groups excluding carboxylic acids is 1. The number of benzene rings is 1. The average molecular weight is 320 g/mol. The Labute approximate surface area is 134 Å². The molecular formula is C17H21FN2O3. The summed E-state index contributed by atoms with van der Waals surface area (Å²) in [6, 6.07) is 8.12. The maximum Gasteiger partial charge on any atom is 0.412 e. The SMILES string of the molecule is Cc1ccc(CNc2ccc(F)c(NC(=O)OC(C)(C)C)c2)o1. The van der Waals surface area contributed by atoms with Crippen LogP contribution in [0.1, 0.15) is 32.3 Å². The molecule has 0 atom stereocenters. The Hall–Kier alpha value is -2.50. The van der Waals surface area contributed by atoms with Gasteiger partial charge in [0.05, 0.1) is 12.2 Å². The van der Waals surface area contributed by atoms with Gasteiger partial charge in [-0.05, 0) is 58.0 Å². The molecule has 1 aromatic heterocycles. The minimum atomic E-state index is -0.699. The van der Waals surface area contributed by atoms with Crippen LogP contribution in [0.3, 0.4) is 0 Å². The van der Waals surface area contributed by atoms with E-state index in [1.165, 1.54) is 12.1 Å². The van der Waals surface area contributed by atoms with Gasteiger partial charge < -0.3 is 14.5 Å². The van der Waals surface area contributed by atoms with Crippen molar-refractivity contribution in [2.75, 3.05) is 10.6 Å². The molecule has 0 bridgehead atoms. The number of anilines is 2. The van der Waals surface area contributed by atoms with Crippen molar-refractivity contribution in [1.29, 1.82) is 0 Å². The normalized spacial score (nSPS) is 11.2. The number of amides is 1. The van der Waals surface area contributed by atoms with Crippen molar-refractivity contribution >= 4 is 17.5 Å². The molecule has 0 spiro atoms. The first-order chi connectivity index (χ1) is 10.7. The number of rotatable bonds is 4. The summed E-state index contributed by atoms with van der Waals surface area (Å²) in [6.07, 6.45) is -0.699. The number of nitrogens with one attached hydrogen (secondary N) is 2. The van der Waals surface area contributed by atoms with Gasteiger partial charge in [-0.1, -0.05) is 0 Å². The maximum atomic E-state index is 13.8. The Morgan fingerprint density at radius 2 is 2.00 bits per heavy atom. The van der Waals surface area contributed by atoms with E-state index in [0.29, 0.717) is 12.2 Å². The molecule has 124 valence electrons. The Bertz CT molecular complexity index is 689. The first-order valence-corrected chi connectivity index (χ1v) is 7.32. The summed E-state index contributed by atoms with van der Waals surface area (Å²) in [5.41, 5.74) is 0.0690. The van der Waals surface area contributed by atoms with E-state index in [9.17, 15) is 9.18 Å². The predicted octanol–water partition coefficient (Wildman–Crippen LogP) is 4.69. The van der Waals surface area contributed by atoms with Crippen LogP contribution in [0, 0.1) is 12.7 Å². The van der Waals surface area contributed by atoms with Crippen molar-refractivity contribution in [3.8, 4) is 0 Å². The fraction of sp³-hybridized carbons (Fsp3) is 0.353. The molecule has 23 heavy (non-hydrogen) atoms. The second kappa shape index (κ2) is 6.73. The van der Waals surface area contributed by atoms with E-state index in [1.807, 2.05) is 19.1 Å². The third-order valence-corrected chi connectivity index (χ3v) is 2.86. The van der Waals surface area contributed by atoms with Gasteiger partial charge >= 0.3 is 6.09 Å². The van der Waals surface area contributed by atoms with Crippen LogP contribution in [-0.4, -0.2) is 11.7 Å². The van der Waals surface area contributed by atoms with Crippen molar-refractivity contribution in [2.45, 2.75) is 39.8 Å². The molecule has 0 aliphatic rings. The van der Waals surface area contributed by atoms with Crippen molar-refractivity contribution in [3.63, 3.8) is 0 Å². The third-order valence-electron chi connectivity index (χ3n) is 2.86. The van der Waals surface area contributed by atoms with Crippen molar-refractivity contribution in [1.82, 2.24) is 0 Å². The average Bonchev–Trinajstić information content (AvgIpc) is 2.83. The third kappa shape index (κ3) is 5.32. The topological polar surface area (TPSA) is 63.5 Å². The summed E-state index contributed by atoms with van der Waals surface area (Å²) in [4.78, 5) is 11.7. The molecule has 1 heterocycles. The van der Waals surface area contributed by atoms with E-state index >= 15 is 0 Å². The number of furan rings is 1. The van der Waals surface area contributed by atoms with E-state index in [0.717, 1.165) is 11.5 Å². The zero-order valence-electron chi connectivity index (χ0n) is 13.7. The number of ether oxygens (including phenoxy) is 1. The highest BCUT2D eigenvalue weighted by atomic mass is 19.1. The van der Waals surface area contributed by atoms with Crippen LogP contribution < -0.4 is 10.6 Å². The van der Waals surface area contributed by atoms with Gasteiger partial charge in [-0.25, -0.2) is 9.18 Å². The van der Waals surface area contributed by atoms with Gasteiger partial charge in [0, 0.05) is 5.69 Å². The lowest BCUT2D eigenvalue weighted by Gasteiger charge is -2.20. The maximum absolute atomic E-state index is 13.8. The van der Waals surface area contributed by atoms with E-state index < -0.39 is 17.5 Å². The lowest BCUT2D eigenvalue weighted by Crippen LogP contribution is -2.27. The second-order valence-corrected chi connectivity index (χ2v) is 6.19. The van der Waals surface area contributed by atoms with Crippen molar-refractivity contribution in [2.24, 2.45) is 0 Å². The smallest absolute Gasteiger partial charge is 0.412 e. The highest BCUT2D eigenvalue weighted by Gasteiger charge is 2.17. The fourth-order valence-electron chi connectivity index (χ4n) is 1.91. The van der Waals surface area contributed by atoms with Crippen LogP contribution in [0.15, 0.2) is 34.7 Å². The van der Waals surface area contributed by atoms with Crippen molar-refractivity contribution < 1.29 is 18.3 Å². The molecule has 0 fully saturated rings. The van der Waals surface area contributed by atoms with Crippen LogP contribution >= 0.6 is 0 Å². The summed E-state index contributed by atoms with van der Waals surface area (Å²) in [5, 5.41) is 5.52. The van der Waals surface area contributed by atoms with Gasteiger partial charge in [0.25, 0.3) is 0 Å². The molecule has 2 aromatic rings. The number of aryl methyl sites for hydroxylation is 1. The summed E-state index contributed by atoms with van der Waals surface area (Å²) < 4.78 is 24.4. The van der Waals surface area contributed by atoms with E-state index in [4.69, 9.17) is 9.15 Å². The van der Waals surface area contributed by atoms with Crippen LogP contribution in [0.25, 0.3) is 0 Å². The Kier molecular flexibility index (Phi) is 4.93. The standard InChI is InChI=1S/C17H21FN2O3/c1-11-5-7-13(22-11)10-19-12-6-8-14(18)15(9-12)20-16(21)23-17(2,3)4/h5-9,19H,10H2,1-4H3,(H,20,21). The summed E-state index contributed by atoms with van der Waals surface area (Å²) in [7, 11) is 0. The van der Waals surface area contributed by atoms with Crippen LogP contribution in [0.4, 0.5) is 20.6 Å². The molecule has 0 saturated carbocycles. The first-order valence-electron chi connectivity index (χ1n) is 7.32. The predicted molar refractivity (Wildman–Crippen MR) is 87.0 cm³/mol. The van der Waals surface area contributed by atoms with Gasteiger partial charge in [0.2, 0.25) is 0 Å². The monoisotopic (exact) mass is 320 g/mol. The molecule has 0 saturated heterocycles. The Morgan fingerprint density at radius 3 is 2.61 bits per heavy atom. The zero-order chi connectivity index (χ0) is 17.0. The molecule has 1 amide bonds. The van der Waals surface area contributed by atoms with Gasteiger partial charge in [0.15, 0.2) is 0 Å². The van der Waals surface area contributed by atoms with Gasteiger partial charge in [0.1, 0.15) is 22.9 Å². The molecule has 2 rings (SSSR count). The number of halogens is 1. The number of carbonyl (C=O) groups is 1. The zero-order valence-corrected chi connectivity index (χ0v) is 13.7. The quantitative estimate of drug-likeness (QED) is 0.858. The lowest BCUT2D eigenvalue weighted by molar-refractivity contribution is 0.0635. The number of hydrogen-bond acceptors (Lipinski definition) is 4. The van der Waals surface area contributed by atoms with Crippen LogP contribution in [0.2, 0.25) is 0 Å². The molecule has 5 nitrogen and oxygen atoms in total. The van der Waals surface area contributed by atoms with Gasteiger partial charge in [-0.2, -0.15) is 0 Å².